The smallest absolute Gasteiger partial charge is 0.238 e. The highest BCUT2D eigenvalue weighted by atomic mass is 16.2. The van der Waals surface area contributed by atoms with Crippen LogP contribution in [0.4, 0.5) is 11.4 Å². The Morgan fingerprint density at radius 1 is 0.972 bits per heavy atom. The maximum Gasteiger partial charge on any atom is 0.238 e. The molecular formula is C31H28N2O3. The molecule has 0 radical (unpaired) electrons. The van der Waals surface area contributed by atoms with Gasteiger partial charge in [0.05, 0.1) is 18.0 Å². The van der Waals surface area contributed by atoms with Crippen molar-refractivity contribution in [1.29, 1.82) is 0 Å². The second-order valence-corrected chi connectivity index (χ2v) is 9.98. The third-order valence-corrected chi connectivity index (χ3v) is 8.02. The van der Waals surface area contributed by atoms with Gasteiger partial charge in [-0.25, -0.2) is 0 Å². The fourth-order valence-corrected chi connectivity index (χ4v) is 6.58. The van der Waals surface area contributed by atoms with Crippen LogP contribution < -0.4 is 10.2 Å². The highest BCUT2D eigenvalue weighted by molar-refractivity contribution is 6.16. The Morgan fingerprint density at radius 3 is 2.44 bits per heavy atom. The summed E-state index contributed by atoms with van der Waals surface area (Å²) in [6.45, 7) is 3.65. The zero-order valence-electron chi connectivity index (χ0n) is 20.4. The van der Waals surface area contributed by atoms with Crippen molar-refractivity contribution in [3.63, 3.8) is 0 Å². The fraction of sp³-hybridized carbons (Fsp3) is 0.258. The average Bonchev–Trinajstić information content (AvgIpc) is 3.37. The minimum absolute atomic E-state index is 0.125. The van der Waals surface area contributed by atoms with Crippen LogP contribution in [-0.4, -0.2) is 29.6 Å². The number of anilines is 2. The van der Waals surface area contributed by atoms with Crippen LogP contribution in [-0.2, 0) is 21.4 Å². The molecule has 4 atom stereocenters. The van der Waals surface area contributed by atoms with Gasteiger partial charge in [0, 0.05) is 16.9 Å². The number of nitrogens with zero attached hydrogens (tertiary/aromatic N) is 1. The van der Waals surface area contributed by atoms with E-state index in [1.807, 2.05) is 89.8 Å². The van der Waals surface area contributed by atoms with Gasteiger partial charge >= 0.3 is 0 Å². The highest BCUT2D eigenvalue weighted by Gasteiger charge is 2.69. The van der Waals surface area contributed by atoms with Gasteiger partial charge in [-0.05, 0) is 42.2 Å². The normalized spacial score (nSPS) is 25.3. The summed E-state index contributed by atoms with van der Waals surface area (Å²) in [5, 5.41) is 3.05. The number of fused-ring (bicyclic) bond motifs is 6. The lowest BCUT2D eigenvalue weighted by atomic mass is 9.64. The van der Waals surface area contributed by atoms with Gasteiger partial charge in [-0.1, -0.05) is 86.2 Å². The quantitative estimate of drug-likeness (QED) is 0.514. The topological polar surface area (TPSA) is 66.5 Å². The highest BCUT2D eigenvalue weighted by Crippen LogP contribution is 2.57. The van der Waals surface area contributed by atoms with Crippen LogP contribution >= 0.6 is 0 Å². The monoisotopic (exact) mass is 476 g/mol. The van der Waals surface area contributed by atoms with Crippen LogP contribution in [0.25, 0.3) is 6.08 Å². The molecule has 0 unspecified atom stereocenters. The van der Waals surface area contributed by atoms with E-state index in [2.05, 4.69) is 12.2 Å². The summed E-state index contributed by atoms with van der Waals surface area (Å²) in [6, 6.07) is 21.8. The third-order valence-electron chi connectivity index (χ3n) is 8.02. The molecule has 1 saturated heterocycles. The second kappa shape index (κ2) is 8.30. The summed E-state index contributed by atoms with van der Waals surface area (Å²) in [7, 11) is 0. The fourth-order valence-electron chi connectivity index (χ4n) is 6.58. The van der Waals surface area contributed by atoms with Gasteiger partial charge in [0.25, 0.3) is 0 Å². The van der Waals surface area contributed by atoms with Crippen molar-refractivity contribution in [3.8, 4) is 0 Å². The molecule has 0 aliphatic carbocycles. The molecule has 1 spiro atoms. The molecule has 0 aromatic heterocycles. The van der Waals surface area contributed by atoms with E-state index in [-0.39, 0.29) is 17.5 Å². The lowest BCUT2D eigenvalue weighted by Crippen LogP contribution is -2.51. The van der Waals surface area contributed by atoms with Crippen LogP contribution in [0.5, 0.6) is 0 Å². The first-order valence-electron chi connectivity index (χ1n) is 12.6. The molecular weight excluding hydrogens is 448 g/mol. The van der Waals surface area contributed by atoms with Crippen LogP contribution in [0.1, 0.15) is 47.3 Å². The molecule has 5 nitrogen and oxygen atoms in total. The van der Waals surface area contributed by atoms with Gasteiger partial charge in [-0.3, -0.25) is 14.4 Å². The largest absolute Gasteiger partial charge is 0.352 e. The second-order valence-electron chi connectivity index (χ2n) is 9.98. The van der Waals surface area contributed by atoms with Crippen LogP contribution in [0.2, 0.25) is 0 Å². The first-order chi connectivity index (χ1) is 17.5. The van der Waals surface area contributed by atoms with Gasteiger partial charge < -0.3 is 10.2 Å². The van der Waals surface area contributed by atoms with Gasteiger partial charge in [0.2, 0.25) is 5.91 Å². The lowest BCUT2D eigenvalue weighted by Gasteiger charge is -2.37. The minimum Gasteiger partial charge on any atom is -0.352 e. The number of amides is 1. The number of carbonyl (C=O) groups is 3. The molecule has 1 fully saturated rings. The van der Waals surface area contributed by atoms with Crippen molar-refractivity contribution in [2.75, 3.05) is 10.2 Å². The Kier molecular flexibility index (Phi) is 5.18. The Balaban J connectivity index is 1.60. The molecule has 0 bridgehead atoms. The van der Waals surface area contributed by atoms with E-state index in [4.69, 9.17) is 0 Å². The Bertz CT molecular complexity index is 1420. The number of aryl methyl sites for hydroxylation is 1. The van der Waals surface area contributed by atoms with E-state index in [9.17, 15) is 14.4 Å². The maximum atomic E-state index is 14.4. The standard InChI is InChI=1S/C31H28N2O3/c1-3-8-20-13-15-22(16-14-20)29(35)27-28(19(2)34)33-25-12-7-4-9-21(25)17-18-26(33)31(27)23-10-5-6-11-24(23)32-30(31)36/h4-7,9-18,26-28H,3,8H2,1-2H3,(H,32,36)/t26-,27+,28+,31+/m0/s1. The summed E-state index contributed by atoms with van der Waals surface area (Å²) in [4.78, 5) is 43.9. The van der Waals surface area contributed by atoms with E-state index in [1.165, 1.54) is 6.92 Å². The van der Waals surface area contributed by atoms with E-state index in [0.717, 1.165) is 35.2 Å². The molecule has 3 aliphatic rings. The van der Waals surface area contributed by atoms with Crippen LogP contribution in [0.15, 0.2) is 78.9 Å². The molecule has 180 valence electrons. The number of ketones is 2. The van der Waals surface area contributed by atoms with Crippen LogP contribution in [0, 0.1) is 5.92 Å². The zero-order chi connectivity index (χ0) is 25.0. The molecule has 0 saturated carbocycles. The Hall–Kier alpha value is -3.99. The molecule has 3 aromatic carbocycles. The first kappa shape index (κ1) is 22.5. The number of Topliss-reactive ketones (excluding diaryl/α,β-unsaturated/α-hetero) is 2. The number of carbonyl (C=O) groups excluding carboxylic acids is 3. The van der Waals surface area contributed by atoms with Gasteiger partial charge in [-0.2, -0.15) is 0 Å². The number of benzene rings is 3. The van der Waals surface area contributed by atoms with Crippen molar-refractivity contribution in [2.24, 2.45) is 5.92 Å². The van der Waals surface area contributed by atoms with E-state index < -0.39 is 23.4 Å². The lowest BCUT2D eigenvalue weighted by molar-refractivity contribution is -0.122. The zero-order valence-corrected chi connectivity index (χ0v) is 20.4. The molecule has 6 rings (SSSR count). The molecule has 5 heteroatoms. The number of hydrogen-bond donors (Lipinski definition) is 1. The predicted octanol–water partition coefficient (Wildman–Crippen LogP) is 5.20. The van der Waals surface area contributed by atoms with Crippen molar-refractivity contribution < 1.29 is 14.4 Å². The predicted molar refractivity (Wildman–Crippen MR) is 141 cm³/mol. The Morgan fingerprint density at radius 2 is 1.69 bits per heavy atom. The van der Waals surface area contributed by atoms with Gasteiger partial charge in [0.1, 0.15) is 5.41 Å². The average molecular weight is 477 g/mol. The molecule has 3 heterocycles. The number of nitrogens with one attached hydrogen (secondary N) is 1. The van der Waals surface area contributed by atoms with E-state index in [0.29, 0.717) is 11.3 Å². The van der Waals surface area contributed by atoms with E-state index in [1.54, 1.807) is 0 Å². The van der Waals surface area contributed by atoms with E-state index >= 15 is 0 Å². The first-order valence-corrected chi connectivity index (χ1v) is 12.6. The maximum absolute atomic E-state index is 14.4. The van der Waals surface area contributed by atoms with Gasteiger partial charge in [0.15, 0.2) is 11.6 Å². The van der Waals surface area contributed by atoms with Gasteiger partial charge in [-0.15, -0.1) is 0 Å². The molecule has 3 aliphatic heterocycles. The van der Waals surface area contributed by atoms with Crippen molar-refractivity contribution in [3.05, 3.63) is 101 Å². The van der Waals surface area contributed by atoms with Crippen molar-refractivity contribution in [1.82, 2.24) is 0 Å². The van der Waals surface area contributed by atoms with Crippen molar-refractivity contribution >= 4 is 34.9 Å². The minimum atomic E-state index is -1.23. The summed E-state index contributed by atoms with van der Waals surface area (Å²) < 4.78 is 0. The SMILES string of the molecule is CCCc1ccc(C(=O)[C@H]2[C@@H](C(C)=O)N3c4ccccc4C=C[C@H]3[C@@]23C(=O)Nc2ccccc23)cc1. The van der Waals surface area contributed by atoms with Crippen LogP contribution in [0.3, 0.4) is 0 Å². The summed E-state index contributed by atoms with van der Waals surface area (Å²) >= 11 is 0. The number of rotatable bonds is 5. The number of hydrogen-bond acceptors (Lipinski definition) is 4. The summed E-state index contributed by atoms with van der Waals surface area (Å²) in [5.41, 5.74) is 3.79. The summed E-state index contributed by atoms with van der Waals surface area (Å²) in [6.07, 6.45) is 5.96. The van der Waals surface area contributed by atoms with Crippen molar-refractivity contribution in [2.45, 2.75) is 44.2 Å². The molecule has 3 aromatic rings. The third kappa shape index (κ3) is 2.98. The molecule has 1 N–H and O–H groups in total. The number of para-hydroxylation sites is 2. The summed E-state index contributed by atoms with van der Waals surface area (Å²) in [5.74, 6) is -1.41. The Labute approximate surface area is 210 Å². The molecule has 36 heavy (non-hydrogen) atoms. The molecule has 1 amide bonds.